The maximum absolute atomic E-state index is 8.49. The Morgan fingerprint density at radius 3 is 1.18 bits per heavy atom. The van der Waals surface area contributed by atoms with E-state index in [1.807, 2.05) is 72.8 Å². The molecule has 2 aliphatic rings. The van der Waals surface area contributed by atoms with Gasteiger partial charge in [0.25, 0.3) is 0 Å². The standard InChI is InChI=1S/C20H14N4.C6H6N.ClHO4.Co.Na.H/c1-2-14-10-16-5-6-18(23-16)12-20-8-7-19(24-20)11-17-4-3-15(22-17)9-13(1)21-14;7-6-4-2-1-3-5-6;2-1(3,4)5;;;/h1-12,21,24H;1-4H,7H2;(H,2,3,4,5);;;/q;;;+1;;/p-1. The van der Waals surface area contributed by atoms with Crippen LogP contribution in [0.15, 0.2) is 72.8 Å². The van der Waals surface area contributed by atoms with Crippen molar-refractivity contribution in [3.05, 3.63) is 95.6 Å². The van der Waals surface area contributed by atoms with Crippen molar-refractivity contribution >= 4 is 86.1 Å². The molecule has 0 aliphatic carbocycles. The molecular formula is C26H21ClCoN5NaO4. The summed E-state index contributed by atoms with van der Waals surface area (Å²) < 4.78 is 34.8. The minimum absolute atomic E-state index is 0. The van der Waals surface area contributed by atoms with Gasteiger partial charge in [-0.15, -0.1) is 10.2 Å². The number of nitrogen functional groups attached to an aromatic ring is 1. The van der Waals surface area contributed by atoms with Gasteiger partial charge in [-0.2, -0.15) is 0 Å². The van der Waals surface area contributed by atoms with E-state index in [0.717, 1.165) is 55.0 Å². The van der Waals surface area contributed by atoms with Crippen molar-refractivity contribution in [2.45, 2.75) is 0 Å². The number of nitrogens with two attached hydrogens (primary N) is 1. The van der Waals surface area contributed by atoms with E-state index in [9.17, 15) is 0 Å². The van der Waals surface area contributed by atoms with Crippen LogP contribution in [0.1, 0.15) is 22.8 Å². The molecule has 4 aromatic rings. The van der Waals surface area contributed by atoms with E-state index in [-0.39, 0.29) is 29.6 Å². The first-order chi connectivity index (χ1) is 17.6. The molecule has 0 saturated carbocycles. The van der Waals surface area contributed by atoms with Gasteiger partial charge in [0.1, 0.15) is 0 Å². The van der Waals surface area contributed by atoms with Gasteiger partial charge < -0.3 is 9.97 Å². The van der Waals surface area contributed by atoms with Crippen molar-refractivity contribution in [3.8, 4) is 0 Å². The molecule has 4 N–H and O–H groups in total. The number of aromatic amines is 2. The number of halogens is 1. The maximum Gasteiger partial charge on any atom is -0.112 e. The molecule has 12 heteroatoms. The number of benzene rings is 1. The van der Waals surface area contributed by atoms with Gasteiger partial charge in [-0.05, 0) is 72.8 Å². The van der Waals surface area contributed by atoms with Crippen LogP contribution in [0, 0.1) is 10.2 Å². The van der Waals surface area contributed by atoms with Crippen molar-refractivity contribution in [2.24, 2.45) is 0 Å². The third-order valence-electron chi connectivity index (χ3n) is 4.93. The number of hydrogen-bond donors (Lipinski definition) is 3. The van der Waals surface area contributed by atoms with E-state index in [1.165, 1.54) is 0 Å². The predicted molar refractivity (Wildman–Crippen MR) is 136 cm³/mol. The van der Waals surface area contributed by atoms with Crippen LogP contribution >= 0.6 is 0 Å². The van der Waals surface area contributed by atoms with Crippen molar-refractivity contribution in [1.29, 1.82) is 0 Å². The summed E-state index contributed by atoms with van der Waals surface area (Å²) in [4.78, 5) is 16.0. The fraction of sp³-hybridized carbons (Fsp3) is 0. The topological polar surface area (TPSA) is 176 Å². The minimum Gasteiger partial charge on any atom is -0.222 e. The molecule has 1 aromatic carbocycles. The first-order valence-corrected chi connectivity index (χ1v) is 12.5. The van der Waals surface area contributed by atoms with Crippen LogP contribution in [0.5, 0.6) is 0 Å². The van der Waals surface area contributed by atoms with Gasteiger partial charge in [0.2, 0.25) is 0 Å². The number of nitrogens with one attached hydrogen (secondary N) is 2. The Kier molecular flexibility index (Phi) is 10.5. The molecule has 191 valence electrons. The van der Waals surface area contributed by atoms with E-state index in [1.54, 1.807) is 0 Å². The van der Waals surface area contributed by atoms with E-state index in [4.69, 9.17) is 24.4 Å². The van der Waals surface area contributed by atoms with Crippen LogP contribution in [0.2, 0.25) is 0 Å². The molecule has 9 nitrogen and oxygen atoms in total. The summed E-state index contributed by atoms with van der Waals surface area (Å²) in [5, 5.41) is 0. The van der Waals surface area contributed by atoms with E-state index in [0.29, 0.717) is 0 Å². The largest absolute Gasteiger partial charge is 0.222 e. The van der Waals surface area contributed by atoms with Crippen molar-refractivity contribution in [3.63, 3.8) is 0 Å². The number of fused-ring (bicyclic) bond motifs is 8. The Labute approximate surface area is 250 Å². The fourth-order valence-corrected chi connectivity index (χ4v) is 3.60. The second kappa shape index (κ2) is 13.4. The maximum atomic E-state index is 8.49. The Hall–Kier alpha value is -2.74. The summed E-state index contributed by atoms with van der Waals surface area (Å²) >= 11 is 4.12. The summed E-state index contributed by atoms with van der Waals surface area (Å²) in [5.74, 6) is 0. The Morgan fingerprint density at radius 1 is 0.605 bits per heavy atom. The van der Waals surface area contributed by atoms with Crippen LogP contribution < -0.4 is 28.9 Å². The van der Waals surface area contributed by atoms with Gasteiger partial charge >= 0.3 is 85.5 Å². The summed E-state index contributed by atoms with van der Waals surface area (Å²) in [5.41, 5.74) is 14.0. The molecule has 5 heterocycles. The third-order valence-corrected chi connectivity index (χ3v) is 5.40. The SMILES string of the molecule is C1=Cc2cc3ccc(cc4nc(cc5ccc(cc1n2)[nH]5)C=C4)[nH]3.Nc1cccc[c]1[Co+].[NaH].[O-][Cl+3]([O-])([O-])[O-]. The molecule has 0 radical (unpaired) electrons. The van der Waals surface area contributed by atoms with Crippen molar-refractivity contribution < 1.29 is 44.6 Å². The summed E-state index contributed by atoms with van der Waals surface area (Å²) in [7, 11) is -4.94. The van der Waals surface area contributed by atoms with Gasteiger partial charge in [-0.3, -0.25) is 0 Å². The van der Waals surface area contributed by atoms with Crippen LogP contribution in [0.4, 0.5) is 5.69 Å². The number of anilines is 1. The van der Waals surface area contributed by atoms with Gasteiger partial charge in [-0.25, -0.2) is 28.6 Å². The van der Waals surface area contributed by atoms with Gasteiger partial charge in [0.05, 0.1) is 22.8 Å². The molecular weight excluding hydrogens is 564 g/mol. The minimum atomic E-state index is -4.94. The Bertz CT molecular complexity index is 1430. The average molecular weight is 585 g/mol. The number of hydrogen-bond acceptors (Lipinski definition) is 7. The molecule has 3 aromatic heterocycles. The summed E-state index contributed by atoms with van der Waals surface area (Å²) in [6.45, 7) is 0. The smallest absolute Gasteiger partial charge is 0.112 e. The van der Waals surface area contributed by atoms with E-state index >= 15 is 0 Å². The zero-order chi connectivity index (χ0) is 26.4. The monoisotopic (exact) mass is 584 g/mol. The Morgan fingerprint density at radius 2 is 0.921 bits per heavy atom. The van der Waals surface area contributed by atoms with Crippen molar-refractivity contribution in [2.75, 3.05) is 5.73 Å². The van der Waals surface area contributed by atoms with E-state index < -0.39 is 10.2 Å². The molecule has 0 fully saturated rings. The molecule has 2 aliphatic heterocycles. The van der Waals surface area contributed by atoms with E-state index in [2.05, 4.69) is 59.9 Å². The molecule has 0 atom stereocenters. The molecule has 0 amide bonds. The zero-order valence-electron chi connectivity index (χ0n) is 19.1. The fourth-order valence-electron chi connectivity index (χ4n) is 3.41. The molecule has 6 rings (SSSR count). The quantitative estimate of drug-likeness (QED) is 0.162. The Balaban J connectivity index is 0.000000239. The molecule has 0 spiro atoms. The van der Waals surface area contributed by atoms with Crippen LogP contribution in [0.3, 0.4) is 0 Å². The molecule has 8 bridgehead atoms. The number of nitrogens with zero attached hydrogens (tertiary/aromatic N) is 2. The van der Waals surface area contributed by atoms with Crippen LogP contribution in [-0.2, 0) is 15.7 Å². The molecule has 0 unspecified atom stereocenters. The first kappa shape index (κ1) is 29.8. The van der Waals surface area contributed by atoms with Gasteiger partial charge in [0, 0.05) is 22.1 Å². The van der Waals surface area contributed by atoms with Crippen molar-refractivity contribution in [1.82, 2.24) is 19.9 Å². The van der Waals surface area contributed by atoms with Gasteiger partial charge in [0.15, 0.2) is 0 Å². The first-order valence-electron chi connectivity index (χ1n) is 10.7. The normalized spacial score (nSPS) is 11.5. The number of aromatic nitrogens is 4. The summed E-state index contributed by atoms with van der Waals surface area (Å²) in [6, 6.07) is 23.8. The van der Waals surface area contributed by atoms with Gasteiger partial charge in [-0.1, -0.05) is 0 Å². The number of para-hydroxylation sites is 1. The number of rotatable bonds is 0. The average Bonchev–Trinajstić information content (AvgIpc) is 3.61. The van der Waals surface area contributed by atoms with Crippen LogP contribution in [0.25, 0.3) is 46.4 Å². The molecule has 0 saturated heterocycles. The zero-order valence-corrected chi connectivity index (χ0v) is 20.9. The number of H-pyrrole nitrogens is 2. The summed E-state index contributed by atoms with van der Waals surface area (Å²) in [6.07, 6.45) is 8.09. The third kappa shape index (κ3) is 9.53. The second-order valence-electron chi connectivity index (χ2n) is 7.78. The predicted octanol–water partition coefficient (Wildman–Crippen LogP) is -0.308. The second-order valence-corrected chi connectivity index (χ2v) is 9.10. The molecule has 38 heavy (non-hydrogen) atoms. The van der Waals surface area contributed by atoms with Crippen LogP contribution in [-0.4, -0.2) is 49.5 Å².